The quantitative estimate of drug-likeness (QED) is 0.0857. The Labute approximate surface area is 266 Å². The van der Waals surface area contributed by atoms with Gasteiger partial charge in [-0.25, -0.2) is 4.57 Å². The highest BCUT2D eigenvalue weighted by Gasteiger charge is 2.32. The average Bonchev–Trinajstić information content (AvgIpc) is 2.97. The van der Waals surface area contributed by atoms with Crippen LogP contribution in [0.4, 0.5) is 0 Å². The monoisotopic (exact) mass is 665 g/mol. The van der Waals surface area contributed by atoms with Crippen LogP contribution in [0.1, 0.15) is 11.1 Å². The van der Waals surface area contributed by atoms with E-state index >= 15 is 0 Å². The fourth-order valence-electron chi connectivity index (χ4n) is 4.71. The molecule has 0 saturated heterocycles. The molecule has 46 heavy (non-hydrogen) atoms. The van der Waals surface area contributed by atoms with E-state index < -0.39 is 64.1 Å². The molecule has 0 heterocycles. The summed E-state index contributed by atoms with van der Waals surface area (Å²) in [6.45, 7) is -3.34. The standard InChI is InChI=1S/C30H40N3O12P/c34-15-13-31(14-16-35)11-12-32(20-28(36)37)19-26(33(21-29(38)39)22-30(40)41)23-44-46(42,43)45-27(17-24-7-3-1-4-8-24)18-25-9-5-2-6-10-25/h1-10,15-16,26-27H,11-14,17-23H2,(H,36,37)(H,38,39)(H,40,41)(H,42,43). The van der Waals surface area contributed by atoms with Crippen LogP contribution in [-0.4, -0.2) is 137 Å². The molecular weight excluding hydrogens is 625 g/mol. The van der Waals surface area contributed by atoms with Crippen molar-refractivity contribution in [3.63, 3.8) is 0 Å². The zero-order valence-electron chi connectivity index (χ0n) is 25.2. The zero-order valence-corrected chi connectivity index (χ0v) is 26.1. The number of carbonyl (C=O) groups excluding carboxylic acids is 2. The lowest BCUT2D eigenvalue weighted by Gasteiger charge is -2.34. The van der Waals surface area contributed by atoms with Crippen LogP contribution in [0, 0.1) is 0 Å². The summed E-state index contributed by atoms with van der Waals surface area (Å²) in [5.74, 6) is -4.05. The van der Waals surface area contributed by atoms with E-state index in [4.69, 9.17) is 9.05 Å². The number of rotatable bonds is 25. The maximum Gasteiger partial charge on any atom is 0.472 e. The van der Waals surface area contributed by atoms with Gasteiger partial charge in [-0.1, -0.05) is 60.7 Å². The number of benzene rings is 2. The maximum atomic E-state index is 13.3. The summed E-state index contributed by atoms with van der Waals surface area (Å²) in [7, 11) is -4.85. The topological polar surface area (TPSA) is 212 Å². The molecule has 252 valence electrons. The van der Waals surface area contributed by atoms with Gasteiger partial charge in [-0.3, -0.25) is 38.1 Å². The van der Waals surface area contributed by atoms with Gasteiger partial charge in [-0.05, 0) is 24.0 Å². The molecular formula is C30H40N3O12P. The van der Waals surface area contributed by atoms with E-state index in [0.717, 1.165) is 16.0 Å². The molecule has 0 saturated carbocycles. The summed E-state index contributed by atoms with van der Waals surface area (Å²) in [6.07, 6.45) is 0.831. The molecule has 0 aliphatic carbocycles. The lowest BCUT2D eigenvalue weighted by molar-refractivity contribution is -0.144. The van der Waals surface area contributed by atoms with Gasteiger partial charge in [0.25, 0.3) is 0 Å². The minimum atomic E-state index is -4.85. The van der Waals surface area contributed by atoms with Gasteiger partial charge >= 0.3 is 25.7 Å². The second kappa shape index (κ2) is 20.3. The Bertz CT molecular complexity index is 1230. The highest BCUT2D eigenvalue weighted by atomic mass is 31.2. The third-order valence-corrected chi connectivity index (χ3v) is 7.78. The number of hydrogen-bond acceptors (Lipinski definition) is 11. The second-order valence-electron chi connectivity index (χ2n) is 10.4. The Morgan fingerprint density at radius 2 is 1.20 bits per heavy atom. The number of nitrogens with zero attached hydrogens (tertiary/aromatic N) is 3. The van der Waals surface area contributed by atoms with E-state index in [1.807, 2.05) is 60.7 Å². The summed E-state index contributed by atoms with van der Waals surface area (Å²) >= 11 is 0. The number of phosphoric acid groups is 1. The van der Waals surface area contributed by atoms with Crippen molar-refractivity contribution in [2.45, 2.75) is 25.0 Å². The highest BCUT2D eigenvalue weighted by molar-refractivity contribution is 7.47. The average molecular weight is 666 g/mol. The number of carboxylic acids is 3. The number of phosphoric ester groups is 1. The van der Waals surface area contributed by atoms with Crippen LogP contribution < -0.4 is 0 Å². The molecule has 0 aliphatic rings. The molecule has 4 N–H and O–H groups in total. The van der Waals surface area contributed by atoms with Crippen molar-refractivity contribution >= 4 is 38.3 Å². The molecule has 0 aromatic heterocycles. The smallest absolute Gasteiger partial charge is 0.472 e. The lowest BCUT2D eigenvalue weighted by Crippen LogP contribution is -2.52. The number of hydrogen-bond donors (Lipinski definition) is 4. The number of carbonyl (C=O) groups is 5. The van der Waals surface area contributed by atoms with Crippen molar-refractivity contribution in [2.75, 3.05) is 59.0 Å². The van der Waals surface area contributed by atoms with Crippen LogP contribution in [0.2, 0.25) is 0 Å². The van der Waals surface area contributed by atoms with Crippen molar-refractivity contribution in [2.24, 2.45) is 0 Å². The molecule has 2 unspecified atom stereocenters. The van der Waals surface area contributed by atoms with Crippen molar-refractivity contribution in [3.8, 4) is 0 Å². The van der Waals surface area contributed by atoms with Crippen LogP contribution >= 0.6 is 7.82 Å². The molecule has 0 amide bonds. The Hall–Kier alpha value is -3.82. The van der Waals surface area contributed by atoms with Crippen molar-refractivity contribution < 1.29 is 57.8 Å². The van der Waals surface area contributed by atoms with Crippen molar-refractivity contribution in [3.05, 3.63) is 71.8 Å². The molecule has 0 fully saturated rings. The molecule has 0 bridgehead atoms. The molecule has 16 heteroatoms. The van der Waals surface area contributed by atoms with Crippen LogP contribution in [0.25, 0.3) is 0 Å². The molecule has 2 rings (SSSR count). The molecule has 2 atom stereocenters. The zero-order chi connectivity index (χ0) is 34.0. The Morgan fingerprint density at radius 1 is 0.739 bits per heavy atom. The van der Waals surface area contributed by atoms with Crippen LogP contribution in [-0.2, 0) is 50.4 Å². The first-order valence-corrected chi connectivity index (χ1v) is 15.8. The van der Waals surface area contributed by atoms with E-state index in [1.54, 1.807) is 0 Å². The predicted molar refractivity (Wildman–Crippen MR) is 164 cm³/mol. The van der Waals surface area contributed by atoms with E-state index in [0.29, 0.717) is 12.6 Å². The van der Waals surface area contributed by atoms with Crippen molar-refractivity contribution in [1.29, 1.82) is 0 Å². The van der Waals surface area contributed by atoms with Gasteiger partial charge in [-0.2, -0.15) is 0 Å². The molecule has 2 aromatic carbocycles. The first-order chi connectivity index (χ1) is 21.9. The van der Waals surface area contributed by atoms with E-state index in [2.05, 4.69) is 0 Å². The van der Waals surface area contributed by atoms with E-state index in [9.17, 15) is 48.8 Å². The summed E-state index contributed by atoms with van der Waals surface area (Å²) in [5.41, 5.74) is 1.66. The third kappa shape index (κ3) is 16.0. The Balaban J connectivity index is 2.30. The molecule has 15 nitrogen and oxygen atoms in total. The van der Waals surface area contributed by atoms with Gasteiger partial charge in [0.15, 0.2) is 0 Å². The van der Waals surface area contributed by atoms with Gasteiger partial charge < -0.3 is 29.8 Å². The van der Waals surface area contributed by atoms with Gasteiger partial charge in [-0.15, -0.1) is 0 Å². The molecule has 0 spiro atoms. The van der Waals surface area contributed by atoms with Gasteiger partial charge in [0.2, 0.25) is 0 Å². The maximum absolute atomic E-state index is 13.3. The Morgan fingerprint density at radius 3 is 1.63 bits per heavy atom. The number of aldehydes is 2. The fraction of sp³-hybridized carbons (Fsp3) is 0.433. The van der Waals surface area contributed by atoms with E-state index in [1.165, 1.54) is 9.80 Å². The predicted octanol–water partition coefficient (Wildman–Crippen LogP) is 0.900. The third-order valence-electron chi connectivity index (χ3n) is 6.74. The molecule has 0 aliphatic heterocycles. The van der Waals surface area contributed by atoms with Gasteiger partial charge in [0, 0.05) is 25.7 Å². The minimum absolute atomic E-state index is 0.0258. The molecule has 2 aromatic rings. The van der Waals surface area contributed by atoms with E-state index in [-0.39, 0.29) is 45.6 Å². The number of aliphatic carboxylic acids is 3. The van der Waals surface area contributed by atoms with Crippen LogP contribution in [0.15, 0.2) is 60.7 Å². The summed E-state index contributed by atoms with van der Waals surface area (Å²) in [4.78, 5) is 71.4. The van der Waals surface area contributed by atoms with Crippen LogP contribution in [0.3, 0.4) is 0 Å². The summed E-state index contributed by atoms with van der Waals surface area (Å²) in [6, 6.07) is 17.0. The summed E-state index contributed by atoms with van der Waals surface area (Å²) in [5, 5.41) is 28.4. The van der Waals surface area contributed by atoms with Crippen LogP contribution in [0.5, 0.6) is 0 Å². The summed E-state index contributed by atoms with van der Waals surface area (Å²) < 4.78 is 24.2. The largest absolute Gasteiger partial charge is 0.480 e. The molecule has 0 radical (unpaired) electrons. The van der Waals surface area contributed by atoms with Crippen molar-refractivity contribution in [1.82, 2.24) is 14.7 Å². The highest BCUT2D eigenvalue weighted by Crippen LogP contribution is 2.45. The van der Waals surface area contributed by atoms with Gasteiger partial charge in [0.1, 0.15) is 12.6 Å². The lowest BCUT2D eigenvalue weighted by atomic mass is 10.0. The SMILES string of the molecule is O=CCN(CC=O)CCN(CC(=O)O)CC(COP(=O)(O)OC(Cc1ccccc1)Cc1ccccc1)N(CC(=O)O)CC(=O)O. The minimum Gasteiger partial charge on any atom is -0.480 e. The second-order valence-corrected chi connectivity index (χ2v) is 11.8. The fourth-order valence-corrected chi connectivity index (χ4v) is 5.66. The first-order valence-electron chi connectivity index (χ1n) is 14.4. The first kappa shape index (κ1) is 38.4. The number of carboxylic acid groups (broad SMARTS) is 3. The van der Waals surface area contributed by atoms with Gasteiger partial charge in [0.05, 0.1) is 45.4 Å². The normalized spacial score (nSPS) is 13.5. The Kier molecular flexibility index (Phi) is 17.0.